The molecule has 0 aliphatic rings. The van der Waals surface area contributed by atoms with E-state index in [2.05, 4.69) is 4.79 Å². The Hall–Kier alpha value is -3.84. The fourth-order valence-electron chi connectivity index (χ4n) is 2.30. The van der Waals surface area contributed by atoms with Crippen LogP contribution in [0.15, 0.2) is 54.6 Å². The normalized spacial score (nSPS) is 9.81. The number of nitro benzene ring substituents is 1. The van der Waals surface area contributed by atoms with Gasteiger partial charge in [0.2, 0.25) is 0 Å². The number of hydrogen-bond acceptors (Lipinski definition) is 5. The molecule has 9 heteroatoms. The molecule has 0 fully saturated rings. The summed E-state index contributed by atoms with van der Waals surface area (Å²) in [6, 6.07) is 14.1. The van der Waals surface area contributed by atoms with Crippen LogP contribution in [-0.4, -0.2) is 33.9 Å². The standard InChI is InChI=1S/C18H16N4O5/c1-2-27-18(24)16(20-19)17(23)21(12-13-6-4-3-5-7-13)14-8-10-15(11-9-14)22(25)26/h3-11H,2,12H2,1H3. The molecule has 0 bridgehead atoms. The number of amides is 1. The van der Waals surface area contributed by atoms with Gasteiger partial charge >= 0.3 is 17.6 Å². The fraction of sp³-hybridized carbons (Fsp3) is 0.167. The van der Waals surface area contributed by atoms with Gasteiger partial charge in [0, 0.05) is 17.8 Å². The molecular formula is C18H16N4O5. The van der Waals surface area contributed by atoms with E-state index in [9.17, 15) is 19.7 Å². The number of hydrogen-bond donors (Lipinski definition) is 0. The maximum atomic E-state index is 12.8. The molecule has 1 amide bonds. The topological polar surface area (TPSA) is 126 Å². The van der Waals surface area contributed by atoms with Crippen molar-refractivity contribution in [1.82, 2.24) is 0 Å². The number of nitrogens with zero attached hydrogens (tertiary/aromatic N) is 4. The van der Waals surface area contributed by atoms with Crippen LogP contribution in [0.25, 0.3) is 5.53 Å². The van der Waals surface area contributed by atoms with E-state index in [1.807, 2.05) is 0 Å². The van der Waals surface area contributed by atoms with Crippen molar-refractivity contribution in [3.63, 3.8) is 0 Å². The highest BCUT2D eigenvalue weighted by molar-refractivity contribution is 6.64. The average Bonchev–Trinajstić information content (AvgIpc) is 2.67. The summed E-state index contributed by atoms with van der Waals surface area (Å²) < 4.78 is 4.74. The second-order valence-corrected chi connectivity index (χ2v) is 5.32. The van der Waals surface area contributed by atoms with Crippen LogP contribution in [0.1, 0.15) is 12.5 Å². The predicted octanol–water partition coefficient (Wildman–Crippen LogP) is 2.36. The van der Waals surface area contributed by atoms with Gasteiger partial charge < -0.3 is 10.3 Å². The van der Waals surface area contributed by atoms with Gasteiger partial charge in [-0.05, 0) is 24.6 Å². The molecule has 0 unspecified atom stereocenters. The Morgan fingerprint density at radius 3 is 2.30 bits per heavy atom. The van der Waals surface area contributed by atoms with Crippen molar-refractivity contribution in [3.05, 3.63) is 75.8 Å². The number of ether oxygens (including phenoxy) is 1. The van der Waals surface area contributed by atoms with E-state index in [4.69, 9.17) is 10.3 Å². The average molecular weight is 368 g/mol. The molecule has 27 heavy (non-hydrogen) atoms. The van der Waals surface area contributed by atoms with Crippen LogP contribution in [0.4, 0.5) is 11.4 Å². The zero-order valence-corrected chi connectivity index (χ0v) is 14.4. The largest absolute Gasteiger partial charge is 0.463 e. The molecular weight excluding hydrogens is 352 g/mol. The van der Waals surface area contributed by atoms with Crippen LogP contribution in [0.5, 0.6) is 0 Å². The van der Waals surface area contributed by atoms with Crippen LogP contribution in [0.3, 0.4) is 0 Å². The second kappa shape index (κ2) is 9.02. The summed E-state index contributed by atoms with van der Waals surface area (Å²) >= 11 is 0. The van der Waals surface area contributed by atoms with Crippen LogP contribution >= 0.6 is 0 Å². The van der Waals surface area contributed by atoms with E-state index in [0.29, 0.717) is 5.69 Å². The number of rotatable bonds is 7. The first kappa shape index (κ1) is 19.5. The van der Waals surface area contributed by atoms with Crippen molar-refractivity contribution in [2.45, 2.75) is 13.5 Å². The smallest absolute Gasteiger partial charge is 0.457 e. The van der Waals surface area contributed by atoms with Crippen LogP contribution < -0.4 is 4.90 Å². The molecule has 2 aromatic carbocycles. The zero-order valence-electron chi connectivity index (χ0n) is 14.4. The van der Waals surface area contributed by atoms with Gasteiger partial charge in [-0.15, -0.1) is 0 Å². The Bertz CT molecular complexity index is 890. The summed E-state index contributed by atoms with van der Waals surface area (Å²) in [5.74, 6) is -1.96. The van der Waals surface area contributed by atoms with Gasteiger partial charge in [-0.25, -0.2) is 4.79 Å². The lowest BCUT2D eigenvalue weighted by Crippen LogP contribution is -2.41. The number of nitro groups is 1. The van der Waals surface area contributed by atoms with E-state index in [-0.39, 0.29) is 18.8 Å². The Kier molecular flexibility index (Phi) is 6.51. The highest BCUT2D eigenvalue weighted by atomic mass is 16.6. The number of esters is 1. The second-order valence-electron chi connectivity index (χ2n) is 5.32. The lowest BCUT2D eigenvalue weighted by atomic mass is 10.1. The highest BCUT2D eigenvalue weighted by Gasteiger charge is 2.36. The van der Waals surface area contributed by atoms with Crippen molar-refractivity contribution < 1.29 is 24.0 Å². The van der Waals surface area contributed by atoms with Gasteiger partial charge in [0.15, 0.2) is 0 Å². The van der Waals surface area contributed by atoms with Crippen molar-refractivity contribution in [2.75, 3.05) is 11.5 Å². The molecule has 0 aromatic heterocycles. The first-order valence-corrected chi connectivity index (χ1v) is 7.97. The molecule has 0 saturated heterocycles. The Morgan fingerprint density at radius 1 is 1.15 bits per heavy atom. The molecule has 0 spiro atoms. The molecule has 0 radical (unpaired) electrons. The van der Waals surface area contributed by atoms with Crippen LogP contribution in [0, 0.1) is 10.1 Å². The number of carbonyl (C=O) groups is 2. The lowest BCUT2D eigenvalue weighted by molar-refractivity contribution is -0.384. The third-order valence-electron chi connectivity index (χ3n) is 3.57. The van der Waals surface area contributed by atoms with Gasteiger partial charge in [-0.1, -0.05) is 30.3 Å². The number of carbonyl (C=O) groups excluding carboxylic acids is 2. The zero-order chi connectivity index (χ0) is 19.8. The lowest BCUT2D eigenvalue weighted by Gasteiger charge is -2.20. The molecule has 138 valence electrons. The first-order chi connectivity index (χ1) is 13.0. The van der Waals surface area contributed by atoms with Crippen LogP contribution in [0.2, 0.25) is 0 Å². The summed E-state index contributed by atoms with van der Waals surface area (Å²) in [6.07, 6.45) is 0. The first-order valence-electron chi connectivity index (χ1n) is 7.97. The minimum Gasteiger partial charge on any atom is -0.457 e. The SMILES string of the molecule is CCOC(=O)C(=[N+]=[N-])C(=O)N(Cc1ccccc1)c1ccc([N+](=O)[O-])cc1. The van der Waals surface area contributed by atoms with Gasteiger partial charge in [0.1, 0.15) is 0 Å². The third-order valence-corrected chi connectivity index (χ3v) is 3.57. The maximum absolute atomic E-state index is 12.8. The fourth-order valence-corrected chi connectivity index (χ4v) is 2.30. The molecule has 0 atom stereocenters. The van der Waals surface area contributed by atoms with Crippen molar-refractivity contribution >= 4 is 29.0 Å². The van der Waals surface area contributed by atoms with Crippen molar-refractivity contribution in [2.24, 2.45) is 0 Å². The molecule has 0 N–H and O–H groups in total. The molecule has 0 aliphatic heterocycles. The van der Waals surface area contributed by atoms with Crippen LogP contribution in [-0.2, 0) is 20.9 Å². The highest BCUT2D eigenvalue weighted by Crippen LogP contribution is 2.22. The van der Waals surface area contributed by atoms with Gasteiger partial charge in [-0.2, -0.15) is 4.79 Å². The molecule has 2 aromatic rings. The molecule has 0 aliphatic carbocycles. The monoisotopic (exact) mass is 368 g/mol. The van der Waals surface area contributed by atoms with Gasteiger partial charge in [0.25, 0.3) is 5.69 Å². The van der Waals surface area contributed by atoms with Crippen molar-refractivity contribution in [3.8, 4) is 0 Å². The minimum atomic E-state index is -1.06. The molecule has 2 rings (SSSR count). The van der Waals surface area contributed by atoms with E-state index >= 15 is 0 Å². The number of non-ortho nitro benzene ring substituents is 1. The summed E-state index contributed by atoms with van der Waals surface area (Å²) in [4.78, 5) is 38.9. The summed E-state index contributed by atoms with van der Waals surface area (Å²) in [5.41, 5.74) is 9.22. The molecule has 0 saturated carbocycles. The summed E-state index contributed by atoms with van der Waals surface area (Å²) in [6.45, 7) is 1.60. The number of anilines is 1. The predicted molar refractivity (Wildman–Crippen MR) is 96.0 cm³/mol. The quantitative estimate of drug-likeness (QED) is 0.141. The Labute approximate surface area is 154 Å². The molecule has 0 heterocycles. The van der Waals surface area contributed by atoms with Crippen molar-refractivity contribution in [1.29, 1.82) is 0 Å². The minimum absolute atomic E-state index is 0.00134. The van der Waals surface area contributed by atoms with E-state index < -0.39 is 22.5 Å². The molecule has 9 nitrogen and oxygen atoms in total. The summed E-state index contributed by atoms with van der Waals surface area (Å²) in [7, 11) is 0. The Morgan fingerprint density at radius 2 is 1.78 bits per heavy atom. The van der Waals surface area contributed by atoms with E-state index in [1.54, 1.807) is 37.3 Å². The van der Waals surface area contributed by atoms with E-state index in [0.717, 1.165) is 5.56 Å². The van der Waals surface area contributed by atoms with Gasteiger partial charge in [-0.3, -0.25) is 19.8 Å². The van der Waals surface area contributed by atoms with E-state index in [1.165, 1.54) is 29.2 Å². The Balaban J connectivity index is 2.42. The number of benzene rings is 2. The maximum Gasteiger partial charge on any atom is 0.463 e. The van der Waals surface area contributed by atoms with Gasteiger partial charge in [0.05, 0.1) is 18.1 Å². The third kappa shape index (κ3) is 4.83. The summed E-state index contributed by atoms with van der Waals surface area (Å²) in [5, 5.41) is 10.8.